The molecule has 1 saturated heterocycles. The maximum absolute atomic E-state index is 13.0. The number of hydrogen-bond acceptors (Lipinski definition) is 5. The Hall–Kier alpha value is -1.54. The van der Waals surface area contributed by atoms with Gasteiger partial charge in [0.25, 0.3) is 10.0 Å². The van der Waals surface area contributed by atoms with E-state index in [-0.39, 0.29) is 16.6 Å². The largest absolute Gasteiger partial charge is 0.341 e. The molecular weight excluding hydrogens is 370 g/mol. The zero-order valence-electron chi connectivity index (χ0n) is 15.1. The van der Waals surface area contributed by atoms with E-state index in [0.29, 0.717) is 17.9 Å². The molecule has 1 amide bonds. The summed E-state index contributed by atoms with van der Waals surface area (Å²) in [4.78, 5) is 19.7. The van der Waals surface area contributed by atoms with Gasteiger partial charge in [0.05, 0.1) is 4.90 Å². The van der Waals surface area contributed by atoms with Gasteiger partial charge in [-0.1, -0.05) is 19.1 Å². The molecule has 2 aliphatic heterocycles. The predicted molar refractivity (Wildman–Crippen MR) is 105 cm³/mol. The Morgan fingerprint density at radius 3 is 2.92 bits per heavy atom. The molecule has 8 heteroatoms. The highest BCUT2D eigenvalue weighted by Crippen LogP contribution is 2.24. The van der Waals surface area contributed by atoms with Crippen LogP contribution in [0.4, 0.5) is 0 Å². The average molecular weight is 396 g/mol. The second-order valence-corrected chi connectivity index (χ2v) is 9.54. The molecule has 2 heterocycles. The molecule has 0 spiro atoms. The summed E-state index contributed by atoms with van der Waals surface area (Å²) < 4.78 is 27.1. The van der Waals surface area contributed by atoms with Crippen LogP contribution in [0.15, 0.2) is 34.2 Å². The number of fused-ring (bicyclic) bond motifs is 1. The van der Waals surface area contributed by atoms with E-state index in [9.17, 15) is 13.2 Å². The molecule has 1 N–H and O–H groups in total. The van der Waals surface area contributed by atoms with Gasteiger partial charge in [-0.25, -0.2) is 8.42 Å². The van der Waals surface area contributed by atoms with Crippen LogP contribution in [0.25, 0.3) is 0 Å². The Morgan fingerprint density at radius 2 is 2.19 bits per heavy atom. The van der Waals surface area contributed by atoms with Gasteiger partial charge in [0.2, 0.25) is 5.91 Å². The number of sulfonamides is 1. The summed E-state index contributed by atoms with van der Waals surface area (Å²) in [6.45, 7) is 3.66. The molecule has 0 aliphatic carbocycles. The fraction of sp³-hybridized carbons (Fsp3) is 0.556. The topological polar surface area (TPSA) is 78.8 Å². The SMILES string of the molecule is CSCCC(N=C1NS(=O)(=O)c2ccccc21)C(=O)N1CCCC(C)C1. The molecule has 1 aromatic rings. The Bertz CT molecular complexity index is 808. The number of carbonyl (C=O) groups is 1. The average Bonchev–Trinajstić information content (AvgIpc) is 2.89. The zero-order chi connectivity index (χ0) is 18.7. The number of thioether (sulfide) groups is 1. The molecule has 26 heavy (non-hydrogen) atoms. The third-order valence-corrected chi connectivity index (χ3v) is 6.84. The highest BCUT2D eigenvalue weighted by molar-refractivity contribution is 7.98. The molecule has 3 rings (SSSR count). The van der Waals surface area contributed by atoms with Crippen molar-refractivity contribution in [2.45, 2.75) is 37.1 Å². The van der Waals surface area contributed by atoms with Crippen molar-refractivity contribution >= 4 is 33.5 Å². The highest BCUT2D eigenvalue weighted by atomic mass is 32.2. The number of nitrogens with one attached hydrogen (secondary N) is 1. The first-order valence-electron chi connectivity index (χ1n) is 8.90. The maximum atomic E-state index is 13.0. The van der Waals surface area contributed by atoms with Gasteiger partial charge in [-0.05, 0) is 49.3 Å². The Balaban J connectivity index is 1.89. The first kappa shape index (κ1) is 19.2. The van der Waals surface area contributed by atoms with Gasteiger partial charge in [-0.2, -0.15) is 11.8 Å². The second kappa shape index (κ2) is 8.00. The molecule has 142 valence electrons. The lowest BCUT2D eigenvalue weighted by atomic mass is 9.99. The Labute approximate surface area is 159 Å². The number of rotatable bonds is 5. The number of nitrogens with zero attached hydrogens (tertiary/aromatic N) is 2. The second-order valence-electron chi connectivity index (χ2n) is 6.91. The van der Waals surface area contributed by atoms with Crippen molar-refractivity contribution in [1.82, 2.24) is 9.62 Å². The minimum atomic E-state index is -3.59. The molecule has 6 nitrogen and oxygen atoms in total. The van der Waals surface area contributed by atoms with Crippen molar-refractivity contribution < 1.29 is 13.2 Å². The smallest absolute Gasteiger partial charge is 0.263 e. The fourth-order valence-corrected chi connectivity index (χ4v) is 5.16. The van der Waals surface area contributed by atoms with E-state index in [1.165, 1.54) is 0 Å². The summed E-state index contributed by atoms with van der Waals surface area (Å²) in [6.07, 6.45) is 4.73. The van der Waals surface area contributed by atoms with Crippen molar-refractivity contribution in [3.8, 4) is 0 Å². The van der Waals surface area contributed by atoms with Crippen molar-refractivity contribution in [2.24, 2.45) is 10.9 Å². The molecule has 0 aromatic heterocycles. The molecule has 2 aliphatic rings. The van der Waals surface area contributed by atoms with Gasteiger partial charge in [0.1, 0.15) is 11.9 Å². The van der Waals surface area contributed by atoms with Gasteiger partial charge in [0, 0.05) is 18.7 Å². The summed E-state index contributed by atoms with van der Waals surface area (Å²) in [7, 11) is -3.59. The summed E-state index contributed by atoms with van der Waals surface area (Å²) in [5.41, 5.74) is 0.543. The Kier molecular flexibility index (Phi) is 5.92. The number of amides is 1. The lowest BCUT2D eigenvalue weighted by Crippen LogP contribution is -2.44. The van der Waals surface area contributed by atoms with Crippen molar-refractivity contribution in [3.05, 3.63) is 29.8 Å². The monoisotopic (exact) mass is 395 g/mol. The summed E-state index contributed by atoms with van der Waals surface area (Å²) in [6, 6.07) is 6.20. The molecule has 0 saturated carbocycles. The molecule has 0 bridgehead atoms. The third-order valence-electron chi connectivity index (χ3n) is 4.80. The summed E-state index contributed by atoms with van der Waals surface area (Å²) in [5, 5.41) is 0. The number of amidine groups is 1. The van der Waals surface area contributed by atoms with E-state index < -0.39 is 16.1 Å². The minimum absolute atomic E-state index is 0.00155. The van der Waals surface area contributed by atoms with Crippen LogP contribution in [0.5, 0.6) is 0 Å². The molecule has 0 radical (unpaired) electrons. The van der Waals surface area contributed by atoms with Gasteiger partial charge in [-0.15, -0.1) is 0 Å². The summed E-state index contributed by atoms with van der Waals surface area (Å²) in [5.74, 6) is 1.57. The lowest BCUT2D eigenvalue weighted by Gasteiger charge is -2.32. The van der Waals surface area contributed by atoms with Crippen LogP contribution < -0.4 is 4.72 Å². The van der Waals surface area contributed by atoms with Gasteiger partial charge >= 0.3 is 0 Å². The van der Waals surface area contributed by atoms with Crippen molar-refractivity contribution in [3.63, 3.8) is 0 Å². The van der Waals surface area contributed by atoms with E-state index in [1.807, 2.05) is 11.2 Å². The molecule has 1 aromatic carbocycles. The number of piperidine rings is 1. The van der Waals surface area contributed by atoms with E-state index in [4.69, 9.17) is 0 Å². The molecule has 2 unspecified atom stereocenters. The summed E-state index contributed by atoms with van der Waals surface area (Å²) >= 11 is 1.66. The van der Waals surface area contributed by atoms with Crippen LogP contribution in [-0.4, -0.2) is 56.2 Å². The molecular formula is C18H25N3O3S2. The van der Waals surface area contributed by atoms with Gasteiger partial charge < -0.3 is 4.90 Å². The first-order chi connectivity index (χ1) is 12.4. The first-order valence-corrected chi connectivity index (χ1v) is 11.8. The normalized spacial score (nSPS) is 24.2. The number of benzene rings is 1. The van der Waals surface area contributed by atoms with Crippen molar-refractivity contribution in [1.29, 1.82) is 0 Å². The number of aliphatic imine (C=N–C) groups is 1. The van der Waals surface area contributed by atoms with Crippen LogP contribution in [0, 0.1) is 5.92 Å². The van der Waals surface area contributed by atoms with Crippen LogP contribution in [0.1, 0.15) is 31.7 Å². The van der Waals surface area contributed by atoms with Gasteiger partial charge in [0.15, 0.2) is 0 Å². The van der Waals surface area contributed by atoms with E-state index in [1.54, 1.807) is 36.0 Å². The standard InChI is InChI=1S/C18H25N3O3S2/c1-13-6-5-10-21(12-13)18(22)15(9-11-25-2)19-17-14-7-3-4-8-16(14)26(23,24)20-17/h3-4,7-8,13,15H,5-6,9-12H2,1-2H3,(H,19,20). The number of carbonyl (C=O) groups excluding carboxylic acids is 1. The number of hydrogen-bond donors (Lipinski definition) is 1. The molecule has 2 atom stereocenters. The van der Waals surface area contributed by atoms with Gasteiger partial charge in [-0.3, -0.25) is 14.5 Å². The fourth-order valence-electron chi connectivity index (χ4n) is 3.46. The van der Waals surface area contributed by atoms with Crippen LogP contribution in [-0.2, 0) is 14.8 Å². The zero-order valence-corrected chi connectivity index (χ0v) is 16.8. The van der Waals surface area contributed by atoms with Crippen LogP contribution >= 0.6 is 11.8 Å². The van der Waals surface area contributed by atoms with Crippen LogP contribution in [0.3, 0.4) is 0 Å². The highest BCUT2D eigenvalue weighted by Gasteiger charge is 2.33. The van der Waals surface area contributed by atoms with Crippen molar-refractivity contribution in [2.75, 3.05) is 25.1 Å². The van der Waals surface area contributed by atoms with E-state index in [0.717, 1.165) is 31.7 Å². The molecule has 1 fully saturated rings. The van der Waals surface area contributed by atoms with E-state index >= 15 is 0 Å². The Morgan fingerprint density at radius 1 is 1.42 bits per heavy atom. The van der Waals surface area contributed by atoms with E-state index in [2.05, 4.69) is 16.6 Å². The maximum Gasteiger partial charge on any atom is 0.263 e. The number of likely N-dealkylation sites (tertiary alicyclic amines) is 1. The third kappa shape index (κ3) is 4.06. The van der Waals surface area contributed by atoms with Crippen LogP contribution in [0.2, 0.25) is 0 Å². The predicted octanol–water partition coefficient (Wildman–Crippen LogP) is 2.11. The minimum Gasteiger partial charge on any atom is -0.341 e. The quantitative estimate of drug-likeness (QED) is 0.828. The lowest BCUT2D eigenvalue weighted by molar-refractivity contribution is -0.134.